The molecule has 20 heavy (non-hydrogen) atoms. The average molecular weight is 268 g/mol. The lowest BCUT2D eigenvalue weighted by Crippen LogP contribution is -2.26. The van der Waals surface area contributed by atoms with Crippen LogP contribution in [0.1, 0.15) is 36.8 Å². The highest BCUT2D eigenvalue weighted by Gasteiger charge is 2.31. The Morgan fingerprint density at radius 2 is 1.80 bits per heavy atom. The highest BCUT2D eigenvalue weighted by Crippen LogP contribution is 2.40. The molecule has 1 N–H and O–H groups in total. The van der Waals surface area contributed by atoms with Gasteiger partial charge in [-0.05, 0) is 42.9 Å². The number of ether oxygens (including phenoxy) is 1. The third-order valence-corrected chi connectivity index (χ3v) is 4.12. The molecule has 1 heterocycles. The molecule has 2 heteroatoms. The zero-order valence-corrected chi connectivity index (χ0v) is 11.8. The van der Waals surface area contributed by atoms with Gasteiger partial charge in [0.05, 0.1) is 12.2 Å². The third kappa shape index (κ3) is 2.56. The molecule has 0 amide bonds. The van der Waals surface area contributed by atoms with Crippen LogP contribution in [0.25, 0.3) is 0 Å². The van der Waals surface area contributed by atoms with E-state index in [1.54, 1.807) is 0 Å². The number of fused-ring (bicyclic) bond motifs is 1. The van der Waals surface area contributed by atoms with Gasteiger partial charge in [-0.25, -0.2) is 0 Å². The maximum absolute atomic E-state index is 10.8. The van der Waals surface area contributed by atoms with Gasteiger partial charge in [-0.1, -0.05) is 48.5 Å². The van der Waals surface area contributed by atoms with Crippen molar-refractivity contribution in [2.24, 2.45) is 0 Å². The second-order valence-corrected chi connectivity index (χ2v) is 5.72. The Labute approximate surface area is 120 Å². The van der Waals surface area contributed by atoms with Crippen molar-refractivity contribution in [2.45, 2.75) is 31.3 Å². The number of aliphatic hydroxyl groups is 1. The summed E-state index contributed by atoms with van der Waals surface area (Å²) in [6.45, 7) is 2.63. The van der Waals surface area contributed by atoms with Crippen molar-refractivity contribution in [3.05, 3.63) is 65.7 Å². The molecule has 1 aliphatic rings. The summed E-state index contributed by atoms with van der Waals surface area (Å²) in [6.07, 6.45) is 1.68. The summed E-state index contributed by atoms with van der Waals surface area (Å²) in [6, 6.07) is 18.1. The fraction of sp³-hybridized carbons (Fsp3) is 0.333. The molecule has 0 fully saturated rings. The average Bonchev–Trinajstić information content (AvgIpc) is 2.48. The fourth-order valence-corrected chi connectivity index (χ4v) is 3.02. The van der Waals surface area contributed by atoms with E-state index in [4.69, 9.17) is 4.74 Å². The molecule has 2 atom stereocenters. The molecular weight excluding hydrogens is 248 g/mol. The van der Waals surface area contributed by atoms with E-state index in [0.29, 0.717) is 5.92 Å². The van der Waals surface area contributed by atoms with Crippen LogP contribution < -0.4 is 4.74 Å². The van der Waals surface area contributed by atoms with Crippen molar-refractivity contribution >= 4 is 0 Å². The molecule has 0 aliphatic carbocycles. The van der Waals surface area contributed by atoms with Crippen LogP contribution in [-0.2, 0) is 5.60 Å². The first-order chi connectivity index (χ1) is 9.67. The summed E-state index contributed by atoms with van der Waals surface area (Å²) >= 11 is 0. The predicted octanol–water partition coefficient (Wildman–Crippen LogP) is 3.85. The van der Waals surface area contributed by atoms with Gasteiger partial charge >= 0.3 is 0 Å². The Morgan fingerprint density at radius 3 is 2.60 bits per heavy atom. The van der Waals surface area contributed by atoms with E-state index in [1.807, 2.05) is 55.5 Å². The van der Waals surface area contributed by atoms with Gasteiger partial charge in [0.25, 0.3) is 0 Å². The van der Waals surface area contributed by atoms with Crippen molar-refractivity contribution in [2.75, 3.05) is 6.61 Å². The topological polar surface area (TPSA) is 29.5 Å². The second kappa shape index (κ2) is 5.29. The highest BCUT2D eigenvalue weighted by atomic mass is 16.5. The van der Waals surface area contributed by atoms with Crippen molar-refractivity contribution in [3.63, 3.8) is 0 Å². The molecule has 0 saturated carbocycles. The predicted molar refractivity (Wildman–Crippen MR) is 79.9 cm³/mol. The van der Waals surface area contributed by atoms with E-state index in [2.05, 4.69) is 6.07 Å². The molecule has 0 spiro atoms. The SMILES string of the molecule is CC(O)(CC1CCOc2ccccc21)c1ccccc1. The van der Waals surface area contributed by atoms with E-state index >= 15 is 0 Å². The summed E-state index contributed by atoms with van der Waals surface area (Å²) in [5, 5.41) is 10.8. The normalized spacial score (nSPS) is 20.6. The molecule has 0 aromatic heterocycles. The van der Waals surface area contributed by atoms with Gasteiger partial charge in [-0.3, -0.25) is 0 Å². The minimum Gasteiger partial charge on any atom is -0.493 e. The molecule has 2 aromatic carbocycles. The number of hydrogen-bond donors (Lipinski definition) is 1. The Morgan fingerprint density at radius 1 is 1.10 bits per heavy atom. The van der Waals surface area contributed by atoms with Crippen LogP contribution in [0.15, 0.2) is 54.6 Å². The lowest BCUT2D eigenvalue weighted by atomic mass is 9.80. The molecule has 0 radical (unpaired) electrons. The molecule has 1 aliphatic heterocycles. The van der Waals surface area contributed by atoms with Crippen LogP contribution in [0, 0.1) is 0 Å². The summed E-state index contributed by atoms with van der Waals surface area (Å²) < 4.78 is 5.69. The molecule has 104 valence electrons. The van der Waals surface area contributed by atoms with Crippen LogP contribution >= 0.6 is 0 Å². The lowest BCUT2D eigenvalue weighted by Gasteiger charge is -2.32. The number of benzene rings is 2. The quantitative estimate of drug-likeness (QED) is 0.916. The Kier molecular flexibility index (Phi) is 3.49. The molecule has 2 nitrogen and oxygen atoms in total. The van der Waals surface area contributed by atoms with E-state index in [-0.39, 0.29) is 0 Å². The van der Waals surface area contributed by atoms with E-state index in [0.717, 1.165) is 30.8 Å². The summed E-state index contributed by atoms with van der Waals surface area (Å²) in [5.41, 5.74) is 1.38. The van der Waals surface area contributed by atoms with Crippen molar-refractivity contribution in [3.8, 4) is 5.75 Å². The van der Waals surface area contributed by atoms with Gasteiger partial charge in [-0.2, -0.15) is 0 Å². The first kappa shape index (κ1) is 13.2. The van der Waals surface area contributed by atoms with Gasteiger partial charge in [0, 0.05) is 0 Å². The van der Waals surface area contributed by atoms with Gasteiger partial charge in [0.2, 0.25) is 0 Å². The standard InChI is InChI=1S/C18H20O2/c1-18(19,15-7-3-2-4-8-15)13-14-11-12-20-17-10-6-5-9-16(14)17/h2-10,14,19H,11-13H2,1H3. The third-order valence-electron chi connectivity index (χ3n) is 4.12. The molecular formula is C18H20O2. The largest absolute Gasteiger partial charge is 0.493 e. The van der Waals surface area contributed by atoms with Crippen LogP contribution in [0.4, 0.5) is 0 Å². The summed E-state index contributed by atoms with van der Waals surface area (Å²) in [7, 11) is 0. The fourth-order valence-electron chi connectivity index (χ4n) is 3.02. The van der Waals surface area contributed by atoms with Crippen LogP contribution in [0.5, 0.6) is 5.75 Å². The van der Waals surface area contributed by atoms with Gasteiger partial charge in [0.15, 0.2) is 0 Å². The van der Waals surface area contributed by atoms with Crippen molar-refractivity contribution < 1.29 is 9.84 Å². The van der Waals surface area contributed by atoms with Crippen molar-refractivity contribution in [1.29, 1.82) is 0 Å². The van der Waals surface area contributed by atoms with E-state index in [1.165, 1.54) is 5.56 Å². The maximum Gasteiger partial charge on any atom is 0.122 e. The number of rotatable bonds is 3. The van der Waals surface area contributed by atoms with E-state index in [9.17, 15) is 5.11 Å². The zero-order valence-electron chi connectivity index (χ0n) is 11.8. The first-order valence-electron chi connectivity index (χ1n) is 7.16. The second-order valence-electron chi connectivity index (χ2n) is 5.72. The molecule has 0 saturated heterocycles. The van der Waals surface area contributed by atoms with Crippen LogP contribution in [0.2, 0.25) is 0 Å². The maximum atomic E-state index is 10.8. The first-order valence-corrected chi connectivity index (χ1v) is 7.16. The lowest BCUT2D eigenvalue weighted by molar-refractivity contribution is 0.0352. The van der Waals surface area contributed by atoms with Crippen molar-refractivity contribution in [1.82, 2.24) is 0 Å². The Balaban J connectivity index is 1.85. The summed E-state index contributed by atoms with van der Waals surface area (Å²) in [4.78, 5) is 0. The monoisotopic (exact) mass is 268 g/mol. The highest BCUT2D eigenvalue weighted by molar-refractivity contribution is 5.38. The van der Waals surface area contributed by atoms with Gasteiger partial charge in [-0.15, -0.1) is 0 Å². The van der Waals surface area contributed by atoms with Crippen LogP contribution in [-0.4, -0.2) is 11.7 Å². The van der Waals surface area contributed by atoms with Gasteiger partial charge < -0.3 is 9.84 Å². The van der Waals surface area contributed by atoms with E-state index < -0.39 is 5.60 Å². The summed E-state index contributed by atoms with van der Waals surface area (Å²) in [5.74, 6) is 1.31. The minimum atomic E-state index is -0.809. The van der Waals surface area contributed by atoms with Gasteiger partial charge in [0.1, 0.15) is 5.75 Å². The Hall–Kier alpha value is -1.80. The molecule has 3 rings (SSSR count). The number of para-hydroxylation sites is 1. The smallest absolute Gasteiger partial charge is 0.122 e. The minimum absolute atomic E-state index is 0.343. The van der Waals surface area contributed by atoms with Crippen LogP contribution in [0.3, 0.4) is 0 Å². The Bertz CT molecular complexity index is 575. The zero-order chi connectivity index (χ0) is 14.0. The molecule has 0 bridgehead atoms. The molecule has 2 aromatic rings. The number of hydrogen-bond acceptors (Lipinski definition) is 2. The molecule has 2 unspecified atom stereocenters.